The number of allylic oxidation sites excluding steroid dienone is 8. The Bertz CT molecular complexity index is 1490. The molecule has 0 heterocycles. The summed E-state index contributed by atoms with van der Waals surface area (Å²) in [6.45, 7) is 4.65. The Kier molecular flexibility index (Phi) is 58.5. The van der Waals surface area contributed by atoms with Crippen LogP contribution in [0.25, 0.3) is 0 Å². The van der Waals surface area contributed by atoms with Crippen molar-refractivity contribution in [3.8, 4) is 0 Å². The number of aliphatic hydroxyl groups is 1. The number of esters is 3. The SMILES string of the molecule is CCCCC/C=C\C/C=C\CCCCCCCCCCCC(=O)OC(CO)COP(=O)(O)OCC(COC(=O)CCCCCCCCCCCCCCC)OC(=O)CCCCCCCCCCC/C=C\C/C=C\CCCCC. The lowest BCUT2D eigenvalue weighted by Crippen LogP contribution is -2.30. The van der Waals surface area contributed by atoms with Crippen molar-refractivity contribution < 1.29 is 52.2 Å². The number of carbonyl (C=O) groups is 3. The van der Waals surface area contributed by atoms with Crippen LogP contribution in [0.2, 0.25) is 0 Å². The van der Waals surface area contributed by atoms with Gasteiger partial charge in [0.05, 0.1) is 19.8 Å². The normalized spacial score (nSPS) is 13.6. The topological polar surface area (TPSA) is 155 Å². The minimum absolute atomic E-state index is 0.166. The highest BCUT2D eigenvalue weighted by Gasteiger charge is 2.28. The molecule has 3 atom stereocenters. The van der Waals surface area contributed by atoms with Gasteiger partial charge in [0.25, 0.3) is 0 Å². The molecule has 0 radical (unpaired) electrons. The zero-order valence-electron chi connectivity index (χ0n) is 50.6. The molecule has 0 saturated carbocycles. The Morgan fingerprint density at radius 3 is 0.974 bits per heavy atom. The summed E-state index contributed by atoms with van der Waals surface area (Å²) in [6.07, 6.45) is 66.2. The summed E-state index contributed by atoms with van der Waals surface area (Å²) in [5, 5.41) is 9.86. The molecule has 0 spiro atoms. The molecule has 0 aliphatic rings. The van der Waals surface area contributed by atoms with Crippen molar-refractivity contribution in [2.45, 2.75) is 328 Å². The second-order valence-electron chi connectivity index (χ2n) is 21.9. The van der Waals surface area contributed by atoms with Crippen LogP contribution >= 0.6 is 7.82 Å². The molecular weight excluding hydrogens is 1000 g/mol. The number of aliphatic hydroxyl groups excluding tert-OH is 1. The molecule has 0 fully saturated rings. The van der Waals surface area contributed by atoms with Gasteiger partial charge in [-0.25, -0.2) is 4.57 Å². The first kappa shape index (κ1) is 75.4. The smallest absolute Gasteiger partial charge is 0.462 e. The van der Waals surface area contributed by atoms with Crippen molar-refractivity contribution >= 4 is 25.7 Å². The number of unbranched alkanes of at least 4 members (excludes halogenated alkanes) is 36. The van der Waals surface area contributed by atoms with Gasteiger partial charge < -0.3 is 24.2 Å². The molecule has 0 saturated heterocycles. The molecule has 12 heteroatoms. The van der Waals surface area contributed by atoms with Crippen molar-refractivity contribution in [3.05, 3.63) is 48.6 Å². The number of phosphoric acid groups is 1. The third kappa shape index (κ3) is 58.1. The van der Waals surface area contributed by atoms with E-state index in [-0.39, 0.29) is 25.9 Å². The predicted molar refractivity (Wildman–Crippen MR) is 325 cm³/mol. The first-order valence-corrected chi connectivity index (χ1v) is 34.0. The number of rotatable bonds is 61. The first-order chi connectivity index (χ1) is 38.2. The molecule has 0 aromatic rings. The van der Waals surface area contributed by atoms with Gasteiger partial charge in [0.2, 0.25) is 0 Å². The van der Waals surface area contributed by atoms with Crippen LogP contribution < -0.4 is 0 Å². The molecule has 0 amide bonds. The molecule has 78 heavy (non-hydrogen) atoms. The summed E-state index contributed by atoms with van der Waals surface area (Å²) in [7, 11) is -4.75. The van der Waals surface area contributed by atoms with Gasteiger partial charge in [-0.1, -0.05) is 262 Å². The van der Waals surface area contributed by atoms with Gasteiger partial charge in [-0.15, -0.1) is 0 Å². The van der Waals surface area contributed by atoms with Gasteiger partial charge in [-0.3, -0.25) is 23.4 Å². The van der Waals surface area contributed by atoms with Crippen LogP contribution in [0, 0.1) is 0 Å². The Hall–Kier alpha value is -2.56. The minimum atomic E-state index is -4.75. The van der Waals surface area contributed by atoms with E-state index in [0.29, 0.717) is 19.3 Å². The highest BCUT2D eigenvalue weighted by molar-refractivity contribution is 7.47. The van der Waals surface area contributed by atoms with E-state index in [1.807, 2.05) is 0 Å². The van der Waals surface area contributed by atoms with Gasteiger partial charge in [0.1, 0.15) is 12.7 Å². The summed E-state index contributed by atoms with van der Waals surface area (Å²) in [5.41, 5.74) is 0. The van der Waals surface area contributed by atoms with Crippen molar-refractivity contribution in [1.29, 1.82) is 0 Å². The van der Waals surface area contributed by atoms with Crippen molar-refractivity contribution in [2.75, 3.05) is 26.4 Å². The largest absolute Gasteiger partial charge is 0.472 e. The lowest BCUT2D eigenvalue weighted by molar-refractivity contribution is -0.161. The van der Waals surface area contributed by atoms with Gasteiger partial charge in [-0.05, 0) is 83.5 Å². The van der Waals surface area contributed by atoms with Crippen molar-refractivity contribution in [2.24, 2.45) is 0 Å². The van der Waals surface area contributed by atoms with Crippen LogP contribution in [0.5, 0.6) is 0 Å². The van der Waals surface area contributed by atoms with Gasteiger partial charge in [-0.2, -0.15) is 0 Å². The third-order valence-electron chi connectivity index (χ3n) is 14.2. The zero-order valence-corrected chi connectivity index (χ0v) is 51.5. The first-order valence-electron chi connectivity index (χ1n) is 32.5. The average Bonchev–Trinajstić information content (AvgIpc) is 3.43. The molecule has 0 aromatic heterocycles. The lowest BCUT2D eigenvalue weighted by Gasteiger charge is -2.21. The van der Waals surface area contributed by atoms with Crippen molar-refractivity contribution in [3.63, 3.8) is 0 Å². The van der Waals surface area contributed by atoms with E-state index in [1.165, 1.54) is 173 Å². The monoisotopic (exact) mass is 1120 g/mol. The molecule has 11 nitrogen and oxygen atoms in total. The fourth-order valence-electron chi connectivity index (χ4n) is 9.24. The number of hydrogen-bond acceptors (Lipinski definition) is 10. The number of hydrogen-bond donors (Lipinski definition) is 2. The highest BCUT2D eigenvalue weighted by atomic mass is 31.2. The third-order valence-corrected chi connectivity index (χ3v) is 15.2. The minimum Gasteiger partial charge on any atom is -0.462 e. The maximum absolute atomic E-state index is 13.0. The Morgan fingerprint density at radius 1 is 0.359 bits per heavy atom. The van der Waals surface area contributed by atoms with E-state index in [4.69, 9.17) is 23.3 Å². The van der Waals surface area contributed by atoms with Crippen LogP contribution in [0.3, 0.4) is 0 Å². The van der Waals surface area contributed by atoms with Gasteiger partial charge >= 0.3 is 25.7 Å². The molecule has 0 aliphatic carbocycles. The number of carbonyl (C=O) groups excluding carboxylic acids is 3. The van der Waals surface area contributed by atoms with Crippen LogP contribution in [-0.4, -0.2) is 66.5 Å². The van der Waals surface area contributed by atoms with Gasteiger partial charge in [0, 0.05) is 19.3 Å². The average molecular weight is 1120 g/mol. The fraction of sp³-hybridized carbons (Fsp3) is 0.833. The summed E-state index contributed by atoms with van der Waals surface area (Å²) in [6, 6.07) is 0. The molecule has 0 aromatic carbocycles. The molecule has 0 bridgehead atoms. The fourth-order valence-corrected chi connectivity index (χ4v) is 10.0. The van der Waals surface area contributed by atoms with Gasteiger partial charge in [0.15, 0.2) is 6.10 Å². The number of ether oxygens (including phenoxy) is 3. The zero-order chi connectivity index (χ0) is 56.9. The van der Waals surface area contributed by atoms with E-state index < -0.39 is 57.8 Å². The second-order valence-corrected chi connectivity index (χ2v) is 23.4. The van der Waals surface area contributed by atoms with E-state index in [0.717, 1.165) is 83.5 Å². The van der Waals surface area contributed by atoms with Crippen LogP contribution in [0.15, 0.2) is 48.6 Å². The maximum Gasteiger partial charge on any atom is 0.472 e. The predicted octanol–water partition coefficient (Wildman–Crippen LogP) is 19.7. The number of phosphoric ester groups is 1. The summed E-state index contributed by atoms with van der Waals surface area (Å²) < 4.78 is 39.7. The molecular formula is C66H121O11P. The Morgan fingerprint density at radius 2 is 0.628 bits per heavy atom. The molecule has 456 valence electrons. The summed E-state index contributed by atoms with van der Waals surface area (Å²) in [4.78, 5) is 48.7. The van der Waals surface area contributed by atoms with E-state index in [2.05, 4.69) is 69.4 Å². The second kappa shape index (κ2) is 60.5. The quantitative estimate of drug-likeness (QED) is 0.0197. The highest BCUT2D eigenvalue weighted by Crippen LogP contribution is 2.43. The van der Waals surface area contributed by atoms with E-state index >= 15 is 0 Å². The Labute approximate surface area is 479 Å². The van der Waals surface area contributed by atoms with Crippen molar-refractivity contribution in [1.82, 2.24) is 0 Å². The maximum atomic E-state index is 13.0. The van der Waals surface area contributed by atoms with Crippen LogP contribution in [0.4, 0.5) is 0 Å². The summed E-state index contributed by atoms with van der Waals surface area (Å²) >= 11 is 0. The molecule has 2 N–H and O–H groups in total. The molecule has 3 unspecified atom stereocenters. The van der Waals surface area contributed by atoms with Crippen LogP contribution in [0.1, 0.15) is 316 Å². The Balaban J connectivity index is 4.63. The molecule has 0 aliphatic heterocycles. The summed E-state index contributed by atoms with van der Waals surface area (Å²) in [5.74, 6) is -1.45. The molecule has 0 rings (SSSR count). The van der Waals surface area contributed by atoms with Crippen LogP contribution in [-0.2, 0) is 42.2 Å². The lowest BCUT2D eigenvalue weighted by atomic mass is 10.0. The van der Waals surface area contributed by atoms with E-state index in [1.54, 1.807) is 0 Å². The van der Waals surface area contributed by atoms with E-state index in [9.17, 15) is 28.9 Å². The standard InChI is InChI=1S/C66H121O11P/c1-4-7-10-13-16-19-22-25-27-29-31-33-35-38-41-44-47-50-53-56-65(69)76-62(58-67)60-74-78(71,72)75-61-63(59-73-64(68)55-52-49-46-43-40-37-24-21-18-15-12-9-6-3)77-66(70)57-54-51-48-45-42-39-36-34-32-30-28-26-23-20-17-14-11-8-5-2/h16-17,19-20,25-28,62-63,67H,4-15,18,21-24,29-61H2,1-3H3,(H,71,72)/b19-16-,20-17-,27-25-,28-26-.